The van der Waals surface area contributed by atoms with Crippen LogP contribution in [0.5, 0.6) is 0 Å². The van der Waals surface area contributed by atoms with Crippen LogP contribution < -0.4 is 16.3 Å². The van der Waals surface area contributed by atoms with Crippen LogP contribution in [0.15, 0.2) is 53.3 Å². The first-order chi connectivity index (χ1) is 12.1. The molecule has 25 heavy (non-hydrogen) atoms. The molecule has 1 fully saturated rings. The van der Waals surface area contributed by atoms with E-state index in [2.05, 4.69) is 10.9 Å². The first-order valence-corrected chi connectivity index (χ1v) is 8.24. The van der Waals surface area contributed by atoms with Gasteiger partial charge >= 0.3 is 0 Å². The number of nitrogens with zero attached hydrogens (tertiary/aromatic N) is 1. The van der Waals surface area contributed by atoms with Gasteiger partial charge in [-0.1, -0.05) is 24.3 Å². The lowest BCUT2D eigenvalue weighted by molar-refractivity contribution is -0.129. The van der Waals surface area contributed by atoms with Gasteiger partial charge in [-0.05, 0) is 37.1 Å². The zero-order valence-corrected chi connectivity index (χ0v) is 13.5. The summed E-state index contributed by atoms with van der Waals surface area (Å²) in [5.41, 5.74) is 6.25. The molecule has 1 aromatic heterocycles. The number of hydrogen-bond donors (Lipinski definition) is 2. The Kier molecular flexibility index (Phi) is 3.72. The van der Waals surface area contributed by atoms with Gasteiger partial charge in [-0.15, -0.1) is 0 Å². The van der Waals surface area contributed by atoms with E-state index in [1.807, 2.05) is 24.3 Å². The smallest absolute Gasteiger partial charge is 0.258 e. The van der Waals surface area contributed by atoms with Gasteiger partial charge in [-0.3, -0.25) is 25.2 Å². The summed E-state index contributed by atoms with van der Waals surface area (Å²) in [5, 5.41) is 1.13. The molecular formula is C19H17N3O3. The van der Waals surface area contributed by atoms with Crippen molar-refractivity contribution in [1.29, 1.82) is 0 Å². The van der Waals surface area contributed by atoms with Gasteiger partial charge < -0.3 is 4.57 Å². The highest BCUT2D eigenvalue weighted by Crippen LogP contribution is 2.28. The van der Waals surface area contributed by atoms with Crippen LogP contribution in [0.3, 0.4) is 0 Å². The van der Waals surface area contributed by atoms with E-state index in [-0.39, 0.29) is 29.7 Å². The molecule has 2 amide bonds. The molecule has 2 N–H and O–H groups in total. The van der Waals surface area contributed by atoms with E-state index in [1.54, 1.807) is 28.8 Å². The Labute approximate surface area is 143 Å². The molecule has 0 spiro atoms. The Hall–Kier alpha value is -3.15. The SMILES string of the molecule is O=C(Cn1c2ccccc2c(=O)c2ccccc21)NNC(=O)C1CC1. The minimum Gasteiger partial charge on any atom is -0.331 e. The van der Waals surface area contributed by atoms with Crippen molar-refractivity contribution in [3.05, 3.63) is 58.8 Å². The summed E-state index contributed by atoms with van der Waals surface area (Å²) in [4.78, 5) is 36.6. The molecule has 0 unspecified atom stereocenters. The van der Waals surface area contributed by atoms with Crippen LogP contribution >= 0.6 is 0 Å². The van der Waals surface area contributed by atoms with E-state index in [0.29, 0.717) is 21.8 Å². The molecular weight excluding hydrogens is 318 g/mol. The molecule has 1 aliphatic carbocycles. The number of aromatic nitrogens is 1. The fourth-order valence-electron chi connectivity index (χ4n) is 3.01. The molecule has 1 heterocycles. The number of rotatable bonds is 3. The number of pyridine rings is 1. The zero-order chi connectivity index (χ0) is 17.4. The molecule has 0 bridgehead atoms. The van der Waals surface area contributed by atoms with Gasteiger partial charge in [0.05, 0.1) is 11.0 Å². The average molecular weight is 335 g/mol. The average Bonchev–Trinajstić information content (AvgIpc) is 3.48. The van der Waals surface area contributed by atoms with Crippen molar-refractivity contribution in [2.24, 2.45) is 5.92 Å². The number of hydrazine groups is 1. The van der Waals surface area contributed by atoms with Gasteiger partial charge in [0.1, 0.15) is 6.54 Å². The number of amides is 2. The van der Waals surface area contributed by atoms with Crippen molar-refractivity contribution in [3.8, 4) is 0 Å². The first-order valence-electron chi connectivity index (χ1n) is 8.24. The van der Waals surface area contributed by atoms with E-state index < -0.39 is 0 Å². The predicted octanol–water partition coefficient (Wildman–Crippen LogP) is 1.71. The highest BCUT2D eigenvalue weighted by molar-refractivity contribution is 5.95. The van der Waals surface area contributed by atoms with Crippen molar-refractivity contribution in [1.82, 2.24) is 15.4 Å². The molecule has 6 heteroatoms. The first kappa shape index (κ1) is 15.4. The van der Waals surface area contributed by atoms with Crippen molar-refractivity contribution in [2.75, 3.05) is 0 Å². The largest absolute Gasteiger partial charge is 0.331 e. The molecule has 0 aliphatic heterocycles. The maximum absolute atomic E-state index is 12.7. The molecule has 0 radical (unpaired) electrons. The predicted molar refractivity (Wildman–Crippen MR) is 94.7 cm³/mol. The van der Waals surface area contributed by atoms with Gasteiger partial charge in [-0.25, -0.2) is 0 Å². The number of carbonyl (C=O) groups excluding carboxylic acids is 2. The van der Waals surface area contributed by atoms with E-state index >= 15 is 0 Å². The summed E-state index contributed by atoms with van der Waals surface area (Å²) in [5.74, 6) is -0.467. The number of benzene rings is 2. The Morgan fingerprint density at radius 1 is 0.920 bits per heavy atom. The second-order valence-corrected chi connectivity index (χ2v) is 6.26. The highest BCUT2D eigenvalue weighted by Gasteiger charge is 2.29. The Morgan fingerprint density at radius 3 is 2.04 bits per heavy atom. The van der Waals surface area contributed by atoms with Crippen LogP contribution in [0.2, 0.25) is 0 Å². The van der Waals surface area contributed by atoms with Gasteiger partial charge in [0.25, 0.3) is 5.91 Å². The molecule has 2 aromatic carbocycles. The second-order valence-electron chi connectivity index (χ2n) is 6.26. The molecule has 4 rings (SSSR count). The fraction of sp³-hybridized carbons (Fsp3) is 0.211. The number of hydrogen-bond acceptors (Lipinski definition) is 3. The molecule has 6 nitrogen and oxygen atoms in total. The van der Waals surface area contributed by atoms with Gasteiger partial charge in [0.2, 0.25) is 5.91 Å². The summed E-state index contributed by atoms with van der Waals surface area (Å²) in [6.45, 7) is 0.00620. The summed E-state index contributed by atoms with van der Waals surface area (Å²) in [6.07, 6.45) is 1.74. The normalized spacial score (nSPS) is 13.8. The summed E-state index contributed by atoms with van der Waals surface area (Å²) < 4.78 is 1.80. The Bertz CT molecular complexity index is 991. The lowest BCUT2D eigenvalue weighted by Crippen LogP contribution is -2.44. The third-order valence-electron chi connectivity index (χ3n) is 4.45. The van der Waals surface area contributed by atoms with Crippen LogP contribution in [-0.2, 0) is 16.1 Å². The number of fused-ring (bicyclic) bond motifs is 2. The summed E-state index contributed by atoms with van der Waals surface area (Å²) >= 11 is 0. The van der Waals surface area contributed by atoms with E-state index in [9.17, 15) is 14.4 Å². The van der Waals surface area contributed by atoms with E-state index in [0.717, 1.165) is 12.8 Å². The highest BCUT2D eigenvalue weighted by atomic mass is 16.2. The van der Waals surface area contributed by atoms with Gasteiger partial charge in [0.15, 0.2) is 5.43 Å². The van der Waals surface area contributed by atoms with Crippen molar-refractivity contribution < 1.29 is 9.59 Å². The third-order valence-corrected chi connectivity index (χ3v) is 4.45. The molecule has 0 atom stereocenters. The summed E-state index contributed by atoms with van der Waals surface area (Å²) in [6, 6.07) is 14.4. The summed E-state index contributed by atoms with van der Waals surface area (Å²) in [7, 11) is 0. The molecule has 126 valence electrons. The maximum atomic E-state index is 12.7. The van der Waals surface area contributed by atoms with Crippen molar-refractivity contribution >= 4 is 33.6 Å². The van der Waals surface area contributed by atoms with Crippen molar-refractivity contribution in [3.63, 3.8) is 0 Å². The number of para-hydroxylation sites is 2. The van der Waals surface area contributed by atoms with Crippen molar-refractivity contribution in [2.45, 2.75) is 19.4 Å². The van der Waals surface area contributed by atoms with Crippen LogP contribution in [0.25, 0.3) is 21.8 Å². The van der Waals surface area contributed by atoms with Gasteiger partial charge in [0, 0.05) is 16.7 Å². The topological polar surface area (TPSA) is 80.2 Å². The standard InChI is InChI=1S/C19H17N3O3/c23-17(20-21-19(25)12-9-10-12)11-22-15-7-3-1-5-13(15)18(24)14-6-2-4-8-16(14)22/h1-8,12H,9-11H2,(H,20,23)(H,21,25). The lowest BCUT2D eigenvalue weighted by atomic mass is 10.1. The maximum Gasteiger partial charge on any atom is 0.258 e. The fourth-order valence-corrected chi connectivity index (χ4v) is 3.01. The molecule has 3 aromatic rings. The third kappa shape index (κ3) is 2.87. The van der Waals surface area contributed by atoms with Gasteiger partial charge in [-0.2, -0.15) is 0 Å². The number of nitrogens with one attached hydrogen (secondary N) is 2. The number of carbonyl (C=O) groups is 2. The quantitative estimate of drug-likeness (QED) is 0.565. The minimum absolute atomic E-state index is 0.00620. The van der Waals surface area contributed by atoms with E-state index in [4.69, 9.17) is 0 Å². The van der Waals surface area contributed by atoms with Crippen LogP contribution in [0.4, 0.5) is 0 Å². The Morgan fingerprint density at radius 2 is 1.48 bits per heavy atom. The van der Waals surface area contributed by atoms with Crippen LogP contribution in [-0.4, -0.2) is 16.4 Å². The van der Waals surface area contributed by atoms with E-state index in [1.165, 1.54) is 0 Å². The van der Waals surface area contributed by atoms with Crippen LogP contribution in [0, 0.1) is 5.92 Å². The minimum atomic E-state index is -0.340. The molecule has 1 aliphatic rings. The zero-order valence-electron chi connectivity index (χ0n) is 13.5. The molecule has 1 saturated carbocycles. The Balaban J connectivity index is 1.71. The monoisotopic (exact) mass is 335 g/mol. The second kappa shape index (κ2) is 6.05. The lowest BCUT2D eigenvalue weighted by Gasteiger charge is -2.15. The molecule has 0 saturated heterocycles. The van der Waals surface area contributed by atoms with Crippen LogP contribution in [0.1, 0.15) is 12.8 Å².